The number of H-pyrrole nitrogens is 2. The van der Waals surface area contributed by atoms with E-state index in [2.05, 4.69) is 9.98 Å². The van der Waals surface area contributed by atoms with Crippen molar-refractivity contribution in [1.82, 2.24) is 15.4 Å². The molecule has 0 fully saturated rings. The minimum atomic E-state index is -0.620. The SMILES string of the molecule is O=c1[nH]cc(N=CNO)c(=O)[nH]1. The fourth-order valence-corrected chi connectivity index (χ4v) is 0.597. The largest absolute Gasteiger partial charge is 0.325 e. The Bertz CT molecular complexity index is 390. The second-order valence-electron chi connectivity index (χ2n) is 1.84. The number of hydrogen-bond acceptors (Lipinski definition) is 4. The number of nitrogens with one attached hydrogen (secondary N) is 3. The van der Waals surface area contributed by atoms with Crippen molar-refractivity contribution in [2.45, 2.75) is 0 Å². The number of aromatic nitrogens is 2. The summed E-state index contributed by atoms with van der Waals surface area (Å²) in [5.41, 5.74) is 0.397. The molecule has 7 nitrogen and oxygen atoms in total. The Morgan fingerprint density at radius 1 is 1.58 bits per heavy atom. The summed E-state index contributed by atoms with van der Waals surface area (Å²) in [6, 6.07) is 0. The lowest BCUT2D eigenvalue weighted by Gasteiger charge is -1.88. The van der Waals surface area contributed by atoms with Crippen LogP contribution in [0, 0.1) is 0 Å². The van der Waals surface area contributed by atoms with Crippen LogP contribution in [0.2, 0.25) is 0 Å². The van der Waals surface area contributed by atoms with E-state index in [1.807, 2.05) is 4.98 Å². The maximum atomic E-state index is 10.8. The van der Waals surface area contributed by atoms with Gasteiger partial charge in [0.1, 0.15) is 12.0 Å². The monoisotopic (exact) mass is 170 g/mol. The lowest BCUT2D eigenvalue weighted by Crippen LogP contribution is -2.20. The molecule has 0 spiro atoms. The normalized spacial score (nSPS) is 10.4. The Balaban J connectivity index is 3.11. The van der Waals surface area contributed by atoms with Gasteiger partial charge in [0.2, 0.25) is 0 Å². The Hall–Kier alpha value is -1.89. The van der Waals surface area contributed by atoms with Crippen molar-refractivity contribution < 1.29 is 5.21 Å². The van der Waals surface area contributed by atoms with Gasteiger partial charge in [-0.1, -0.05) is 0 Å². The summed E-state index contributed by atoms with van der Waals surface area (Å²) in [7, 11) is 0. The second-order valence-corrected chi connectivity index (χ2v) is 1.84. The lowest BCUT2D eigenvalue weighted by atomic mass is 10.5. The quantitative estimate of drug-likeness (QED) is 0.251. The van der Waals surface area contributed by atoms with E-state index >= 15 is 0 Å². The molecular formula is C5H6N4O3. The topological polar surface area (TPSA) is 110 Å². The van der Waals surface area contributed by atoms with Crippen molar-refractivity contribution in [2.24, 2.45) is 4.99 Å². The highest BCUT2D eigenvalue weighted by Gasteiger charge is 1.94. The fraction of sp³-hybridized carbons (Fsp3) is 0. The summed E-state index contributed by atoms with van der Waals surface area (Å²) in [5, 5.41) is 8.09. The minimum Gasteiger partial charge on any atom is -0.312 e. The first-order chi connectivity index (χ1) is 5.74. The van der Waals surface area contributed by atoms with Crippen LogP contribution in [-0.4, -0.2) is 21.5 Å². The van der Waals surface area contributed by atoms with E-state index < -0.39 is 11.2 Å². The molecule has 0 aliphatic carbocycles. The third-order valence-corrected chi connectivity index (χ3v) is 1.06. The number of aliphatic imine (C=N–C) groups is 1. The predicted molar refractivity (Wildman–Crippen MR) is 40.8 cm³/mol. The Kier molecular flexibility index (Phi) is 2.38. The first kappa shape index (κ1) is 8.21. The summed E-state index contributed by atoms with van der Waals surface area (Å²) in [4.78, 5) is 29.0. The van der Waals surface area contributed by atoms with Gasteiger partial charge >= 0.3 is 5.69 Å². The molecule has 0 atom stereocenters. The third kappa shape index (κ3) is 1.80. The molecule has 0 bridgehead atoms. The molecule has 0 aliphatic heterocycles. The first-order valence-corrected chi connectivity index (χ1v) is 2.98. The van der Waals surface area contributed by atoms with Gasteiger partial charge in [-0.05, 0) is 0 Å². The molecule has 0 radical (unpaired) electrons. The molecule has 0 aromatic carbocycles. The van der Waals surface area contributed by atoms with E-state index in [1.165, 1.54) is 0 Å². The molecule has 0 saturated heterocycles. The molecule has 1 rings (SSSR count). The van der Waals surface area contributed by atoms with E-state index in [0.717, 1.165) is 12.5 Å². The van der Waals surface area contributed by atoms with E-state index in [9.17, 15) is 9.59 Å². The van der Waals surface area contributed by atoms with Gasteiger partial charge in [-0.3, -0.25) is 20.5 Å². The lowest BCUT2D eigenvalue weighted by molar-refractivity contribution is 0.240. The van der Waals surface area contributed by atoms with Gasteiger partial charge in [0.15, 0.2) is 0 Å². The highest BCUT2D eigenvalue weighted by Crippen LogP contribution is 1.94. The van der Waals surface area contributed by atoms with Gasteiger partial charge in [0.25, 0.3) is 5.56 Å². The zero-order valence-corrected chi connectivity index (χ0v) is 5.87. The fourth-order valence-electron chi connectivity index (χ4n) is 0.597. The van der Waals surface area contributed by atoms with Crippen molar-refractivity contribution in [3.05, 3.63) is 27.0 Å². The predicted octanol–water partition coefficient (Wildman–Crippen LogP) is -1.30. The summed E-state index contributed by atoms with van der Waals surface area (Å²) in [5.74, 6) is 0. The van der Waals surface area contributed by atoms with Crippen LogP contribution in [-0.2, 0) is 0 Å². The Morgan fingerprint density at radius 2 is 2.33 bits per heavy atom. The molecular weight excluding hydrogens is 164 g/mol. The Labute approximate surface area is 65.8 Å². The van der Waals surface area contributed by atoms with E-state index in [4.69, 9.17) is 5.21 Å². The summed E-state index contributed by atoms with van der Waals surface area (Å²) < 4.78 is 0. The van der Waals surface area contributed by atoms with Crippen molar-refractivity contribution >= 4 is 12.0 Å². The smallest absolute Gasteiger partial charge is 0.312 e. The first-order valence-electron chi connectivity index (χ1n) is 2.98. The number of hydroxylamine groups is 1. The molecule has 4 N–H and O–H groups in total. The molecule has 0 saturated carbocycles. The van der Waals surface area contributed by atoms with Crippen molar-refractivity contribution in [3.8, 4) is 0 Å². The number of nitrogens with zero attached hydrogens (tertiary/aromatic N) is 1. The van der Waals surface area contributed by atoms with Crippen molar-refractivity contribution in [2.75, 3.05) is 0 Å². The second kappa shape index (κ2) is 3.49. The molecule has 1 heterocycles. The zero-order chi connectivity index (χ0) is 8.97. The van der Waals surface area contributed by atoms with Crippen LogP contribution in [0.4, 0.5) is 5.69 Å². The Morgan fingerprint density at radius 3 is 2.92 bits per heavy atom. The number of hydrogen-bond donors (Lipinski definition) is 4. The molecule has 0 unspecified atom stereocenters. The average Bonchev–Trinajstić information content (AvgIpc) is 2.03. The number of rotatable bonds is 2. The van der Waals surface area contributed by atoms with Crippen LogP contribution in [0.15, 0.2) is 20.8 Å². The number of aromatic amines is 2. The van der Waals surface area contributed by atoms with Crippen LogP contribution in [0.3, 0.4) is 0 Å². The molecule has 0 aliphatic rings. The minimum absolute atomic E-state index is 0.00356. The summed E-state index contributed by atoms with van der Waals surface area (Å²) in [6.07, 6.45) is 2.04. The van der Waals surface area contributed by atoms with Crippen LogP contribution in [0.5, 0.6) is 0 Å². The maximum Gasteiger partial charge on any atom is 0.325 e. The van der Waals surface area contributed by atoms with Crippen molar-refractivity contribution in [1.29, 1.82) is 0 Å². The average molecular weight is 170 g/mol. The highest BCUT2D eigenvalue weighted by atomic mass is 16.5. The molecule has 12 heavy (non-hydrogen) atoms. The van der Waals surface area contributed by atoms with Crippen molar-refractivity contribution in [3.63, 3.8) is 0 Å². The molecule has 1 aromatic heterocycles. The van der Waals surface area contributed by atoms with Crippen LogP contribution < -0.4 is 16.7 Å². The summed E-state index contributed by atoms with van der Waals surface area (Å²) >= 11 is 0. The van der Waals surface area contributed by atoms with Gasteiger partial charge in [-0.25, -0.2) is 9.79 Å². The van der Waals surface area contributed by atoms with E-state index in [1.54, 1.807) is 5.48 Å². The van der Waals surface area contributed by atoms with Crippen LogP contribution >= 0.6 is 0 Å². The van der Waals surface area contributed by atoms with Gasteiger partial charge < -0.3 is 4.98 Å². The van der Waals surface area contributed by atoms with Crippen LogP contribution in [0.25, 0.3) is 0 Å². The summed E-state index contributed by atoms with van der Waals surface area (Å²) in [6.45, 7) is 0. The van der Waals surface area contributed by atoms with Gasteiger partial charge in [-0.2, -0.15) is 0 Å². The maximum absolute atomic E-state index is 10.8. The van der Waals surface area contributed by atoms with Gasteiger partial charge in [0, 0.05) is 6.20 Å². The molecule has 0 amide bonds. The van der Waals surface area contributed by atoms with E-state index in [0.29, 0.717) is 0 Å². The van der Waals surface area contributed by atoms with E-state index in [-0.39, 0.29) is 5.69 Å². The van der Waals surface area contributed by atoms with Gasteiger partial charge in [0.05, 0.1) is 0 Å². The van der Waals surface area contributed by atoms with Crippen LogP contribution in [0.1, 0.15) is 0 Å². The standard InChI is InChI=1S/C5H6N4O3/c10-4-3(7-2-8-12)1-6-5(11)9-4/h1-2,12H,(H,7,8)(H2,6,9,10,11). The molecule has 64 valence electrons. The van der Waals surface area contributed by atoms with Gasteiger partial charge in [-0.15, -0.1) is 0 Å². The molecule has 1 aromatic rings. The zero-order valence-electron chi connectivity index (χ0n) is 5.87. The highest BCUT2D eigenvalue weighted by molar-refractivity contribution is 5.58. The molecule has 7 heteroatoms. The third-order valence-electron chi connectivity index (χ3n) is 1.06.